The van der Waals surface area contributed by atoms with Gasteiger partial charge in [-0.05, 0) is 37.7 Å². The van der Waals surface area contributed by atoms with E-state index in [4.69, 9.17) is 16.3 Å². The van der Waals surface area contributed by atoms with E-state index in [1.807, 2.05) is 11.8 Å². The van der Waals surface area contributed by atoms with Gasteiger partial charge in [-0.2, -0.15) is 0 Å². The maximum Gasteiger partial charge on any atom is 0.263 e. The highest BCUT2D eigenvalue weighted by molar-refractivity contribution is 6.30. The van der Waals surface area contributed by atoms with Crippen LogP contribution in [0.15, 0.2) is 24.3 Å². The molecule has 0 aromatic heterocycles. The van der Waals surface area contributed by atoms with Crippen LogP contribution < -0.4 is 4.74 Å². The molecule has 0 unspecified atom stereocenters. The molecule has 1 amide bonds. The number of halogens is 1. The van der Waals surface area contributed by atoms with Crippen molar-refractivity contribution in [2.45, 2.75) is 19.4 Å². The van der Waals surface area contributed by atoms with Crippen molar-refractivity contribution in [1.29, 1.82) is 0 Å². The first-order chi connectivity index (χ1) is 9.60. The van der Waals surface area contributed by atoms with Gasteiger partial charge in [0.15, 0.2) is 6.10 Å². The van der Waals surface area contributed by atoms with Crippen LogP contribution in [0.3, 0.4) is 0 Å². The summed E-state index contributed by atoms with van der Waals surface area (Å²) in [5, 5.41) is 0.663. The van der Waals surface area contributed by atoms with Crippen molar-refractivity contribution in [3.8, 4) is 5.75 Å². The van der Waals surface area contributed by atoms with Gasteiger partial charge in [-0.15, -0.1) is 0 Å². The number of benzene rings is 1. The van der Waals surface area contributed by atoms with Crippen LogP contribution in [0, 0.1) is 0 Å². The van der Waals surface area contributed by atoms with Gasteiger partial charge < -0.3 is 14.5 Å². The van der Waals surface area contributed by atoms with Gasteiger partial charge in [0, 0.05) is 31.2 Å². The first-order valence-electron chi connectivity index (χ1n) is 6.99. The lowest BCUT2D eigenvalue weighted by Crippen LogP contribution is -2.51. The highest BCUT2D eigenvalue weighted by Gasteiger charge is 2.26. The van der Waals surface area contributed by atoms with Crippen LogP contribution in [0.25, 0.3) is 0 Å². The van der Waals surface area contributed by atoms with Crippen LogP contribution >= 0.6 is 11.6 Å². The number of hydrogen-bond donors (Lipinski definition) is 0. The third-order valence-corrected chi connectivity index (χ3v) is 3.81. The normalized spacial score (nSPS) is 17.9. The summed E-state index contributed by atoms with van der Waals surface area (Å²) in [5.41, 5.74) is 0. The molecule has 1 saturated heterocycles. The second kappa shape index (κ2) is 6.95. The minimum Gasteiger partial charge on any atom is -0.481 e. The molecular formula is C15H21ClN2O2. The Balaban J connectivity index is 1.97. The van der Waals surface area contributed by atoms with Gasteiger partial charge in [-0.25, -0.2) is 0 Å². The van der Waals surface area contributed by atoms with E-state index in [1.165, 1.54) is 0 Å². The van der Waals surface area contributed by atoms with Crippen molar-refractivity contribution in [1.82, 2.24) is 9.80 Å². The Morgan fingerprint density at radius 2 is 1.85 bits per heavy atom. The predicted molar refractivity (Wildman–Crippen MR) is 80.2 cm³/mol. The molecule has 1 fully saturated rings. The fourth-order valence-electron chi connectivity index (χ4n) is 2.22. The van der Waals surface area contributed by atoms with E-state index in [0.717, 1.165) is 26.2 Å². The largest absolute Gasteiger partial charge is 0.481 e. The van der Waals surface area contributed by atoms with Crippen molar-refractivity contribution >= 4 is 17.5 Å². The SMILES string of the molecule is CC[C@H](Oc1ccc(Cl)cc1)C(=O)N1CCN(C)CC1. The van der Waals surface area contributed by atoms with Crippen molar-refractivity contribution in [3.05, 3.63) is 29.3 Å². The van der Waals surface area contributed by atoms with Crippen molar-refractivity contribution in [2.75, 3.05) is 33.2 Å². The molecule has 4 nitrogen and oxygen atoms in total. The van der Waals surface area contributed by atoms with Crippen molar-refractivity contribution < 1.29 is 9.53 Å². The highest BCUT2D eigenvalue weighted by Crippen LogP contribution is 2.18. The highest BCUT2D eigenvalue weighted by atomic mass is 35.5. The van der Waals surface area contributed by atoms with Gasteiger partial charge in [-0.1, -0.05) is 18.5 Å². The topological polar surface area (TPSA) is 32.8 Å². The molecule has 110 valence electrons. The Hall–Kier alpha value is -1.26. The third kappa shape index (κ3) is 3.87. The second-order valence-electron chi connectivity index (χ2n) is 5.10. The van der Waals surface area contributed by atoms with E-state index in [1.54, 1.807) is 24.3 Å². The number of hydrogen-bond acceptors (Lipinski definition) is 3. The summed E-state index contributed by atoms with van der Waals surface area (Å²) in [7, 11) is 2.07. The number of carbonyl (C=O) groups is 1. The molecule has 5 heteroatoms. The standard InChI is InChI=1S/C15H21ClN2O2/c1-3-14(20-13-6-4-12(16)5-7-13)15(19)18-10-8-17(2)9-11-18/h4-7,14H,3,8-11H2,1-2H3/t14-/m0/s1. The molecule has 0 saturated carbocycles. The lowest BCUT2D eigenvalue weighted by Gasteiger charge is -2.34. The van der Waals surface area contributed by atoms with E-state index in [-0.39, 0.29) is 5.91 Å². The number of nitrogens with zero attached hydrogens (tertiary/aromatic N) is 2. The van der Waals surface area contributed by atoms with Crippen LogP contribution in [0.5, 0.6) is 5.75 Å². The average Bonchev–Trinajstić information content (AvgIpc) is 2.47. The summed E-state index contributed by atoms with van der Waals surface area (Å²) in [6, 6.07) is 7.12. The van der Waals surface area contributed by atoms with Crippen LogP contribution in [-0.2, 0) is 4.79 Å². The zero-order valence-corrected chi connectivity index (χ0v) is 12.8. The Morgan fingerprint density at radius 3 is 2.40 bits per heavy atom. The van der Waals surface area contributed by atoms with E-state index >= 15 is 0 Å². The number of rotatable bonds is 4. The van der Waals surface area contributed by atoms with E-state index < -0.39 is 6.10 Å². The van der Waals surface area contributed by atoms with Gasteiger partial charge in [0.1, 0.15) is 5.75 Å². The summed E-state index contributed by atoms with van der Waals surface area (Å²) in [5.74, 6) is 0.763. The first kappa shape index (κ1) is 15.1. The van der Waals surface area contributed by atoms with E-state index in [2.05, 4.69) is 11.9 Å². The van der Waals surface area contributed by atoms with Gasteiger partial charge in [0.05, 0.1) is 0 Å². The molecule has 1 atom stereocenters. The predicted octanol–water partition coefficient (Wildman–Crippen LogP) is 2.27. The van der Waals surface area contributed by atoms with Gasteiger partial charge in [-0.3, -0.25) is 4.79 Å². The molecule has 1 aromatic rings. The average molecular weight is 297 g/mol. The number of ether oxygens (including phenoxy) is 1. The lowest BCUT2D eigenvalue weighted by molar-refractivity contribution is -0.140. The molecule has 20 heavy (non-hydrogen) atoms. The fourth-order valence-corrected chi connectivity index (χ4v) is 2.34. The smallest absolute Gasteiger partial charge is 0.263 e. The summed E-state index contributed by atoms with van der Waals surface area (Å²) in [4.78, 5) is 16.6. The van der Waals surface area contributed by atoms with Gasteiger partial charge >= 0.3 is 0 Å². The molecule has 0 aliphatic carbocycles. The zero-order chi connectivity index (χ0) is 14.5. The Bertz CT molecular complexity index is 442. The zero-order valence-electron chi connectivity index (χ0n) is 12.0. The lowest BCUT2D eigenvalue weighted by atomic mass is 10.2. The molecule has 1 aliphatic heterocycles. The Morgan fingerprint density at radius 1 is 1.25 bits per heavy atom. The molecule has 0 bridgehead atoms. The number of amides is 1. The minimum atomic E-state index is -0.417. The summed E-state index contributed by atoms with van der Waals surface area (Å²) >= 11 is 5.84. The van der Waals surface area contributed by atoms with Crippen LogP contribution in [0.1, 0.15) is 13.3 Å². The fraction of sp³-hybridized carbons (Fsp3) is 0.533. The molecule has 0 spiro atoms. The molecule has 0 N–H and O–H groups in total. The van der Waals surface area contributed by atoms with Crippen molar-refractivity contribution in [3.63, 3.8) is 0 Å². The van der Waals surface area contributed by atoms with Gasteiger partial charge in [0.2, 0.25) is 0 Å². The van der Waals surface area contributed by atoms with Crippen LogP contribution in [-0.4, -0.2) is 55.0 Å². The molecule has 2 rings (SSSR count). The number of carbonyl (C=O) groups excluding carboxylic acids is 1. The summed E-state index contributed by atoms with van der Waals surface area (Å²) in [6.45, 7) is 5.35. The van der Waals surface area contributed by atoms with E-state index in [0.29, 0.717) is 17.2 Å². The maximum atomic E-state index is 12.5. The minimum absolute atomic E-state index is 0.0792. The van der Waals surface area contributed by atoms with Gasteiger partial charge in [0.25, 0.3) is 5.91 Å². The summed E-state index contributed by atoms with van der Waals surface area (Å²) < 4.78 is 5.80. The van der Waals surface area contributed by atoms with Crippen molar-refractivity contribution in [2.24, 2.45) is 0 Å². The van der Waals surface area contributed by atoms with E-state index in [9.17, 15) is 4.79 Å². The second-order valence-corrected chi connectivity index (χ2v) is 5.53. The Labute approximate surface area is 125 Å². The molecule has 1 aromatic carbocycles. The molecule has 0 radical (unpaired) electrons. The first-order valence-corrected chi connectivity index (χ1v) is 7.37. The summed E-state index contributed by atoms with van der Waals surface area (Å²) in [6.07, 6.45) is 0.243. The molecule has 1 aliphatic rings. The molecule has 1 heterocycles. The molecular weight excluding hydrogens is 276 g/mol. The maximum absolute atomic E-state index is 12.5. The Kier molecular flexibility index (Phi) is 5.26. The quantitative estimate of drug-likeness (QED) is 0.854. The van der Waals surface area contributed by atoms with Crippen LogP contribution in [0.4, 0.5) is 0 Å². The number of piperazine rings is 1. The van der Waals surface area contributed by atoms with Crippen LogP contribution in [0.2, 0.25) is 5.02 Å². The number of likely N-dealkylation sites (N-methyl/N-ethyl adjacent to an activating group) is 1. The monoisotopic (exact) mass is 296 g/mol. The third-order valence-electron chi connectivity index (χ3n) is 3.55.